The normalized spacial score (nSPS) is 11.1. The average molecular weight is 511 g/mol. The van der Waals surface area contributed by atoms with Gasteiger partial charge in [-0.15, -0.1) is 5.10 Å². The summed E-state index contributed by atoms with van der Waals surface area (Å²) in [6, 6.07) is 13.2. The minimum atomic E-state index is -0.318. The van der Waals surface area contributed by atoms with Gasteiger partial charge in [0, 0.05) is 24.2 Å². The Hall–Kier alpha value is -3.69. The van der Waals surface area contributed by atoms with Gasteiger partial charge in [-0.05, 0) is 55.1 Å². The van der Waals surface area contributed by atoms with Crippen LogP contribution in [-0.4, -0.2) is 52.2 Å². The van der Waals surface area contributed by atoms with E-state index >= 15 is 0 Å². The van der Waals surface area contributed by atoms with Crippen LogP contribution >= 0.6 is 11.6 Å². The largest absolute Gasteiger partial charge is 0.487 e. The van der Waals surface area contributed by atoms with Crippen molar-refractivity contribution in [3.8, 4) is 5.75 Å². The Kier molecular flexibility index (Phi) is 8.35. The number of amides is 1. The highest BCUT2D eigenvalue weighted by Crippen LogP contribution is 2.31. The zero-order chi connectivity index (χ0) is 25.5. The van der Waals surface area contributed by atoms with Crippen molar-refractivity contribution in [2.75, 3.05) is 31.5 Å². The van der Waals surface area contributed by atoms with Crippen molar-refractivity contribution in [3.63, 3.8) is 0 Å². The van der Waals surface area contributed by atoms with Crippen molar-refractivity contribution in [1.82, 2.24) is 25.4 Å². The first-order valence-electron chi connectivity index (χ1n) is 11.8. The number of benzene rings is 2. The highest BCUT2D eigenvalue weighted by molar-refractivity contribution is 6.32. The molecular formula is C26H28ClFN6O2. The number of aromatic nitrogens is 3. The molecular weight excluding hydrogens is 483 g/mol. The second-order valence-corrected chi connectivity index (χ2v) is 8.58. The van der Waals surface area contributed by atoms with Gasteiger partial charge in [-0.3, -0.25) is 4.79 Å². The number of hydrogen-bond donors (Lipinski definition) is 3. The summed E-state index contributed by atoms with van der Waals surface area (Å²) in [4.78, 5) is 18.0. The molecule has 0 saturated carbocycles. The summed E-state index contributed by atoms with van der Waals surface area (Å²) in [5, 5.41) is 15.5. The summed E-state index contributed by atoms with van der Waals surface area (Å²) in [6.45, 7) is 7.61. The monoisotopic (exact) mass is 510 g/mol. The van der Waals surface area contributed by atoms with Gasteiger partial charge in [-0.1, -0.05) is 37.6 Å². The van der Waals surface area contributed by atoms with Crippen molar-refractivity contribution >= 4 is 39.9 Å². The van der Waals surface area contributed by atoms with E-state index in [1.807, 2.05) is 0 Å². The van der Waals surface area contributed by atoms with Crippen LogP contribution < -0.4 is 15.4 Å². The number of ether oxygens (including phenoxy) is 1. The number of likely N-dealkylation sites (N-methyl/N-ethyl adjacent to an activating group) is 1. The van der Waals surface area contributed by atoms with Gasteiger partial charge >= 0.3 is 0 Å². The zero-order valence-corrected chi connectivity index (χ0v) is 20.9. The van der Waals surface area contributed by atoms with E-state index in [-0.39, 0.29) is 18.3 Å². The van der Waals surface area contributed by atoms with E-state index in [1.165, 1.54) is 12.1 Å². The molecule has 2 aromatic heterocycles. The molecule has 0 saturated heterocycles. The lowest BCUT2D eigenvalue weighted by atomic mass is 10.2. The van der Waals surface area contributed by atoms with E-state index in [2.05, 4.69) is 44.6 Å². The van der Waals surface area contributed by atoms with Crippen molar-refractivity contribution in [2.45, 2.75) is 20.5 Å². The SMILES string of the molecule is CCN(CC)CCNC(=O)c1cc2c(Nc3ccc(OCc4cccc(F)c4)c(Cl)c3)nncc2[nH]1. The van der Waals surface area contributed by atoms with Crippen LogP contribution in [0.3, 0.4) is 0 Å². The molecule has 4 rings (SSSR count). The average Bonchev–Trinajstić information content (AvgIpc) is 3.32. The van der Waals surface area contributed by atoms with Crippen molar-refractivity contribution < 1.29 is 13.9 Å². The van der Waals surface area contributed by atoms with Gasteiger partial charge in [0.2, 0.25) is 0 Å². The highest BCUT2D eigenvalue weighted by atomic mass is 35.5. The third-order valence-corrected chi connectivity index (χ3v) is 6.07. The molecule has 2 heterocycles. The van der Waals surface area contributed by atoms with Gasteiger partial charge < -0.3 is 25.3 Å². The lowest BCUT2D eigenvalue weighted by Crippen LogP contribution is -2.34. The number of nitrogens with one attached hydrogen (secondary N) is 3. The molecule has 10 heteroatoms. The molecule has 0 fully saturated rings. The predicted octanol–water partition coefficient (Wildman–Crippen LogP) is 5.14. The highest BCUT2D eigenvalue weighted by Gasteiger charge is 2.14. The fraction of sp³-hybridized carbons (Fsp3) is 0.269. The van der Waals surface area contributed by atoms with E-state index in [0.29, 0.717) is 45.6 Å². The standard InChI is InChI=1S/C26H28ClFN6O2/c1-3-34(4-2)11-10-29-26(35)22-14-20-23(32-22)15-30-33-25(20)31-19-8-9-24(21(27)13-19)36-16-17-6-5-7-18(28)12-17/h5-9,12-15,32H,3-4,10-11,16H2,1-2H3,(H,29,35)(H,31,33). The van der Waals surface area contributed by atoms with E-state index in [0.717, 1.165) is 25.0 Å². The van der Waals surface area contributed by atoms with Crippen LogP contribution in [0, 0.1) is 5.82 Å². The number of hydrogen-bond acceptors (Lipinski definition) is 6. The molecule has 0 unspecified atom stereocenters. The molecule has 0 atom stereocenters. The van der Waals surface area contributed by atoms with Gasteiger partial charge in [-0.2, -0.15) is 5.10 Å². The molecule has 0 aliphatic carbocycles. The van der Waals surface area contributed by atoms with Crippen molar-refractivity contribution in [3.05, 3.63) is 76.8 Å². The molecule has 0 spiro atoms. The summed E-state index contributed by atoms with van der Waals surface area (Å²) in [5.41, 5.74) is 2.49. The summed E-state index contributed by atoms with van der Waals surface area (Å²) in [7, 11) is 0. The number of halogens is 2. The lowest BCUT2D eigenvalue weighted by molar-refractivity contribution is 0.0944. The van der Waals surface area contributed by atoms with E-state index in [9.17, 15) is 9.18 Å². The van der Waals surface area contributed by atoms with Gasteiger partial charge in [0.05, 0.1) is 16.7 Å². The third kappa shape index (κ3) is 6.30. The first-order chi connectivity index (χ1) is 17.5. The van der Waals surface area contributed by atoms with Crippen molar-refractivity contribution in [1.29, 1.82) is 0 Å². The Balaban J connectivity index is 1.43. The van der Waals surface area contributed by atoms with Crippen LogP contribution in [0.5, 0.6) is 5.75 Å². The molecule has 8 nitrogen and oxygen atoms in total. The number of anilines is 2. The molecule has 36 heavy (non-hydrogen) atoms. The second kappa shape index (κ2) is 11.8. The molecule has 0 radical (unpaired) electrons. The number of carbonyl (C=O) groups excluding carboxylic acids is 1. The predicted molar refractivity (Wildman–Crippen MR) is 139 cm³/mol. The van der Waals surface area contributed by atoms with Crippen molar-refractivity contribution in [2.24, 2.45) is 0 Å². The fourth-order valence-corrected chi connectivity index (χ4v) is 4.00. The third-order valence-electron chi connectivity index (χ3n) is 5.78. The Morgan fingerprint density at radius 3 is 2.75 bits per heavy atom. The van der Waals surface area contributed by atoms with Crippen LogP contribution in [0.15, 0.2) is 54.7 Å². The van der Waals surface area contributed by atoms with Gasteiger partial charge in [0.25, 0.3) is 5.91 Å². The fourth-order valence-electron chi connectivity index (χ4n) is 3.76. The lowest BCUT2D eigenvalue weighted by Gasteiger charge is -2.17. The topological polar surface area (TPSA) is 95.2 Å². The molecule has 0 aliphatic rings. The minimum Gasteiger partial charge on any atom is -0.487 e. The number of nitrogens with zero attached hydrogens (tertiary/aromatic N) is 3. The molecule has 0 aliphatic heterocycles. The van der Waals surface area contributed by atoms with Gasteiger partial charge in [-0.25, -0.2) is 4.39 Å². The Morgan fingerprint density at radius 2 is 2.00 bits per heavy atom. The first-order valence-corrected chi connectivity index (χ1v) is 12.1. The second-order valence-electron chi connectivity index (χ2n) is 8.18. The number of H-pyrrole nitrogens is 1. The minimum absolute atomic E-state index is 0.188. The van der Waals surface area contributed by atoms with Crippen LogP contribution in [0.2, 0.25) is 5.02 Å². The molecule has 2 aromatic carbocycles. The maximum atomic E-state index is 13.4. The number of fused-ring (bicyclic) bond motifs is 1. The zero-order valence-electron chi connectivity index (χ0n) is 20.1. The Morgan fingerprint density at radius 1 is 1.17 bits per heavy atom. The molecule has 4 aromatic rings. The maximum Gasteiger partial charge on any atom is 0.267 e. The molecule has 0 bridgehead atoms. The van der Waals surface area contributed by atoms with Crippen LogP contribution in [0.4, 0.5) is 15.9 Å². The van der Waals surface area contributed by atoms with E-state index in [1.54, 1.807) is 42.6 Å². The number of rotatable bonds is 11. The molecule has 188 valence electrons. The quantitative estimate of drug-likeness (QED) is 0.258. The van der Waals surface area contributed by atoms with Gasteiger partial charge in [0.1, 0.15) is 23.9 Å². The first kappa shape index (κ1) is 25.4. The Bertz CT molecular complexity index is 1340. The number of carbonyl (C=O) groups is 1. The van der Waals surface area contributed by atoms with Crippen LogP contribution in [0.1, 0.15) is 29.9 Å². The van der Waals surface area contributed by atoms with Crippen LogP contribution in [-0.2, 0) is 6.61 Å². The summed E-state index contributed by atoms with van der Waals surface area (Å²) in [5.74, 6) is 0.450. The summed E-state index contributed by atoms with van der Waals surface area (Å²) >= 11 is 6.41. The maximum absolute atomic E-state index is 13.4. The number of aromatic amines is 1. The summed E-state index contributed by atoms with van der Waals surface area (Å²) in [6.07, 6.45) is 1.57. The van der Waals surface area contributed by atoms with Crippen LogP contribution in [0.25, 0.3) is 10.9 Å². The molecule has 1 amide bonds. The van der Waals surface area contributed by atoms with E-state index < -0.39 is 0 Å². The Labute approximate surface area is 213 Å². The smallest absolute Gasteiger partial charge is 0.267 e. The van der Waals surface area contributed by atoms with E-state index in [4.69, 9.17) is 16.3 Å². The summed E-state index contributed by atoms with van der Waals surface area (Å²) < 4.78 is 19.1. The van der Waals surface area contributed by atoms with Gasteiger partial charge in [0.15, 0.2) is 5.82 Å². The molecule has 3 N–H and O–H groups in total.